The molecule has 0 radical (unpaired) electrons. The van der Waals surface area contributed by atoms with Crippen LogP contribution in [-0.2, 0) is 0 Å². The molecule has 0 saturated carbocycles. The first-order chi connectivity index (χ1) is 13.4. The second-order valence-corrected chi connectivity index (χ2v) is 8.95. The number of nitrogens with zero attached hydrogens (tertiary/aromatic N) is 3. The molecule has 2 aromatic rings. The van der Waals surface area contributed by atoms with Gasteiger partial charge in [0, 0.05) is 39.0 Å². The van der Waals surface area contributed by atoms with Crippen LogP contribution in [0.25, 0.3) is 10.6 Å². The summed E-state index contributed by atoms with van der Waals surface area (Å²) in [6.45, 7) is 15.0. The minimum absolute atomic E-state index is 0.540. The van der Waals surface area contributed by atoms with Crippen LogP contribution in [0.2, 0.25) is 0 Å². The summed E-state index contributed by atoms with van der Waals surface area (Å²) in [6.07, 6.45) is 10.8. The quantitative estimate of drug-likeness (QED) is 0.411. The Morgan fingerprint density at radius 3 is 2.75 bits per heavy atom. The van der Waals surface area contributed by atoms with Gasteiger partial charge in [-0.2, -0.15) is 0 Å². The lowest BCUT2D eigenvalue weighted by molar-refractivity contribution is 1.11. The van der Waals surface area contributed by atoms with Crippen LogP contribution in [0.1, 0.15) is 43.3 Å². The number of amidine groups is 1. The van der Waals surface area contributed by atoms with E-state index in [0.717, 1.165) is 39.0 Å². The van der Waals surface area contributed by atoms with Crippen molar-refractivity contribution in [2.75, 3.05) is 6.54 Å². The fourth-order valence-corrected chi connectivity index (χ4v) is 3.78. The van der Waals surface area contributed by atoms with Gasteiger partial charge in [-0.05, 0) is 51.3 Å². The van der Waals surface area contributed by atoms with E-state index < -0.39 is 0 Å². The maximum atomic E-state index is 4.80. The van der Waals surface area contributed by atoms with Gasteiger partial charge in [0.1, 0.15) is 10.8 Å². The Morgan fingerprint density at radius 1 is 1.32 bits per heavy atom. The minimum atomic E-state index is 0.540. The first kappa shape index (κ1) is 22.1. The van der Waals surface area contributed by atoms with Crippen molar-refractivity contribution < 1.29 is 0 Å². The molecule has 0 amide bonds. The maximum absolute atomic E-state index is 4.80. The average molecular weight is 413 g/mol. The molecule has 0 bridgehead atoms. The number of rotatable bonds is 8. The molecule has 0 aliphatic heterocycles. The number of allylic oxidation sites excluding steroid dienone is 3. The highest BCUT2D eigenvalue weighted by molar-refractivity contribution is 8.06. The Balaban J connectivity index is 2.35. The molecule has 1 N–H and O–H groups in total. The van der Waals surface area contributed by atoms with Crippen LogP contribution in [0.5, 0.6) is 0 Å². The number of hydrogen-bond acceptors (Lipinski definition) is 5. The summed E-state index contributed by atoms with van der Waals surface area (Å²) >= 11 is 3.33. The number of nitrogens with one attached hydrogen (secondary N) is 1. The van der Waals surface area contributed by atoms with Gasteiger partial charge in [-0.25, -0.2) is 4.98 Å². The van der Waals surface area contributed by atoms with Crippen molar-refractivity contribution in [3.8, 4) is 10.6 Å². The predicted octanol–water partition coefficient (Wildman–Crippen LogP) is 6.25. The lowest BCUT2D eigenvalue weighted by Gasteiger charge is -2.11. The topological polar surface area (TPSA) is 50.2 Å². The third-order valence-corrected chi connectivity index (χ3v) is 5.85. The van der Waals surface area contributed by atoms with E-state index in [4.69, 9.17) is 4.99 Å². The van der Waals surface area contributed by atoms with Crippen molar-refractivity contribution in [3.63, 3.8) is 0 Å². The summed E-state index contributed by atoms with van der Waals surface area (Å²) in [5.74, 6) is 0.796. The smallest absolute Gasteiger partial charge is 0.134 e. The number of aryl methyl sites for hydroxylation is 2. The zero-order valence-corrected chi connectivity index (χ0v) is 18.9. The summed E-state index contributed by atoms with van der Waals surface area (Å²) in [4.78, 5) is 17.3. The van der Waals surface area contributed by atoms with Crippen LogP contribution in [0.4, 0.5) is 0 Å². The van der Waals surface area contributed by atoms with E-state index in [0.29, 0.717) is 6.54 Å². The van der Waals surface area contributed by atoms with Crippen molar-refractivity contribution in [2.24, 2.45) is 4.99 Å². The summed E-state index contributed by atoms with van der Waals surface area (Å²) in [7, 11) is 0. The molecule has 2 aromatic heterocycles. The predicted molar refractivity (Wildman–Crippen MR) is 125 cm³/mol. The molecule has 6 heteroatoms. The van der Waals surface area contributed by atoms with Gasteiger partial charge >= 0.3 is 0 Å². The molecule has 0 atom stereocenters. The minimum Gasteiger partial charge on any atom is -0.347 e. The third-order valence-electron chi connectivity index (χ3n) is 3.91. The van der Waals surface area contributed by atoms with Crippen LogP contribution >= 0.6 is 23.1 Å². The van der Waals surface area contributed by atoms with Gasteiger partial charge in [-0.1, -0.05) is 37.4 Å². The Labute approximate surface area is 176 Å². The molecule has 148 valence electrons. The normalized spacial score (nSPS) is 12.6. The molecule has 0 fully saturated rings. The summed E-state index contributed by atoms with van der Waals surface area (Å²) in [5, 5.41) is 4.30. The van der Waals surface area contributed by atoms with Crippen molar-refractivity contribution in [2.45, 2.75) is 41.0 Å². The van der Waals surface area contributed by atoms with Gasteiger partial charge in [0.05, 0.1) is 6.54 Å². The van der Waals surface area contributed by atoms with E-state index in [2.05, 4.69) is 60.9 Å². The second kappa shape index (κ2) is 11.0. The van der Waals surface area contributed by atoms with E-state index in [-0.39, 0.29) is 0 Å². The molecular weight excluding hydrogens is 384 g/mol. The van der Waals surface area contributed by atoms with Crippen LogP contribution in [0.15, 0.2) is 58.2 Å². The summed E-state index contributed by atoms with van der Waals surface area (Å²) in [5.41, 5.74) is 2.91. The van der Waals surface area contributed by atoms with E-state index in [1.54, 1.807) is 23.1 Å². The fourth-order valence-electron chi connectivity index (χ4n) is 2.33. The van der Waals surface area contributed by atoms with Gasteiger partial charge in [0.25, 0.3) is 0 Å². The molecule has 2 rings (SSSR count). The van der Waals surface area contributed by atoms with Crippen LogP contribution in [-0.4, -0.2) is 22.3 Å². The highest BCUT2D eigenvalue weighted by Gasteiger charge is 2.12. The number of pyridine rings is 1. The van der Waals surface area contributed by atoms with E-state index in [1.165, 1.54) is 9.78 Å². The molecule has 2 heterocycles. The van der Waals surface area contributed by atoms with Crippen LogP contribution in [0, 0.1) is 13.8 Å². The fraction of sp³-hybridized carbons (Fsp3) is 0.318. The summed E-state index contributed by atoms with van der Waals surface area (Å²) in [6, 6.07) is 2.11. The van der Waals surface area contributed by atoms with Gasteiger partial charge in [-0.15, -0.1) is 11.3 Å². The van der Waals surface area contributed by atoms with Gasteiger partial charge < -0.3 is 5.32 Å². The molecule has 0 saturated heterocycles. The van der Waals surface area contributed by atoms with Gasteiger partial charge in [-0.3, -0.25) is 9.98 Å². The zero-order valence-electron chi connectivity index (χ0n) is 17.2. The standard InChI is InChI=1S/C22H28N4S2/c1-7-9-10-23-21(25-12-16(4)27-15(3)8-2)20-11-19(14-24-18(20)6)22-26-13-17(5)28-22/h8-11,13-14H,4,7,12H2,1-3,5-6H3,(H,23,25)/b10-9+,15-8-. The molecule has 0 aromatic carbocycles. The molecule has 28 heavy (non-hydrogen) atoms. The van der Waals surface area contributed by atoms with E-state index in [1.807, 2.05) is 32.4 Å². The van der Waals surface area contributed by atoms with Crippen molar-refractivity contribution in [1.29, 1.82) is 0 Å². The van der Waals surface area contributed by atoms with Crippen LogP contribution < -0.4 is 5.32 Å². The molecule has 0 aliphatic carbocycles. The molecule has 4 nitrogen and oxygen atoms in total. The molecular formula is C22H28N4S2. The second-order valence-electron chi connectivity index (χ2n) is 6.29. The lowest BCUT2D eigenvalue weighted by Crippen LogP contribution is -2.21. The highest BCUT2D eigenvalue weighted by atomic mass is 32.2. The van der Waals surface area contributed by atoms with Crippen molar-refractivity contribution >= 4 is 28.9 Å². The van der Waals surface area contributed by atoms with E-state index in [9.17, 15) is 0 Å². The highest BCUT2D eigenvalue weighted by Crippen LogP contribution is 2.26. The maximum Gasteiger partial charge on any atom is 0.134 e. The van der Waals surface area contributed by atoms with Crippen molar-refractivity contribution in [1.82, 2.24) is 15.3 Å². The Kier molecular flexibility index (Phi) is 8.67. The molecule has 0 unspecified atom stereocenters. The number of aromatic nitrogens is 2. The SMILES string of the molecule is C=C(CN=C(N/C=C/CC)c1cc(-c2ncc(C)s2)cnc1C)S/C(C)=C\C. The third kappa shape index (κ3) is 6.46. The average Bonchev–Trinajstić information content (AvgIpc) is 3.11. The summed E-state index contributed by atoms with van der Waals surface area (Å²) < 4.78 is 0. The number of thiazole rings is 1. The number of hydrogen-bond donors (Lipinski definition) is 1. The van der Waals surface area contributed by atoms with Crippen molar-refractivity contribution in [3.05, 3.63) is 69.3 Å². The molecule has 0 spiro atoms. The Hall–Kier alpha value is -2.18. The van der Waals surface area contributed by atoms with Crippen LogP contribution in [0.3, 0.4) is 0 Å². The Bertz CT molecular complexity index is 907. The number of aliphatic imine (C=N–C) groups is 1. The van der Waals surface area contributed by atoms with Gasteiger partial charge in [0.2, 0.25) is 0 Å². The van der Waals surface area contributed by atoms with Gasteiger partial charge in [0.15, 0.2) is 0 Å². The number of thioether (sulfide) groups is 1. The Morgan fingerprint density at radius 2 is 2.11 bits per heavy atom. The first-order valence-corrected chi connectivity index (χ1v) is 10.9. The monoisotopic (exact) mass is 412 g/mol. The lowest BCUT2D eigenvalue weighted by atomic mass is 10.1. The molecule has 0 aliphatic rings. The zero-order chi connectivity index (χ0) is 20.5. The first-order valence-electron chi connectivity index (χ1n) is 9.29. The van der Waals surface area contributed by atoms with E-state index >= 15 is 0 Å². The largest absolute Gasteiger partial charge is 0.347 e.